The number of ether oxygens (including phenoxy) is 2. The van der Waals surface area contributed by atoms with Crippen LogP contribution in [0.15, 0.2) is 40.9 Å². The van der Waals surface area contributed by atoms with Gasteiger partial charge in [0.05, 0.1) is 19.6 Å². The van der Waals surface area contributed by atoms with Gasteiger partial charge in [-0.3, -0.25) is 0 Å². The molecule has 0 aliphatic carbocycles. The first-order valence-corrected chi connectivity index (χ1v) is 7.48. The lowest BCUT2D eigenvalue weighted by molar-refractivity contribution is 0.404. The van der Waals surface area contributed by atoms with E-state index in [0.717, 1.165) is 15.6 Å². The Balaban J connectivity index is 2.51. The molecular weight excluding hydrogens is 363 g/mol. The first kappa shape index (κ1) is 15.5. The minimum absolute atomic E-state index is 0.410. The van der Waals surface area contributed by atoms with E-state index in [1.54, 1.807) is 32.4 Å². The fourth-order valence-electron chi connectivity index (χ4n) is 1.97. The standard InChI is InChI=1S/C15H13BrCl2O2/c1-19-13-6-4-10(17)8-12(13)15(18)11-5-3-9(16)7-14(11)20-2/h3-8,15H,1-2H3. The molecule has 0 saturated carbocycles. The van der Waals surface area contributed by atoms with Crippen molar-refractivity contribution in [2.45, 2.75) is 5.38 Å². The van der Waals surface area contributed by atoms with Gasteiger partial charge in [0.25, 0.3) is 0 Å². The first-order chi connectivity index (χ1) is 9.56. The van der Waals surface area contributed by atoms with E-state index in [9.17, 15) is 0 Å². The Kier molecular flexibility index (Phi) is 5.19. The lowest BCUT2D eigenvalue weighted by Crippen LogP contribution is -2.00. The molecule has 0 radical (unpaired) electrons. The molecule has 0 aromatic heterocycles. The molecule has 0 fully saturated rings. The van der Waals surface area contributed by atoms with E-state index < -0.39 is 5.38 Å². The van der Waals surface area contributed by atoms with E-state index in [4.69, 9.17) is 32.7 Å². The van der Waals surface area contributed by atoms with Crippen LogP contribution in [0.1, 0.15) is 16.5 Å². The van der Waals surface area contributed by atoms with E-state index in [1.807, 2.05) is 18.2 Å². The highest BCUT2D eigenvalue weighted by molar-refractivity contribution is 9.10. The van der Waals surface area contributed by atoms with Crippen LogP contribution in [0, 0.1) is 0 Å². The summed E-state index contributed by atoms with van der Waals surface area (Å²) < 4.78 is 11.7. The number of alkyl halides is 1. The van der Waals surface area contributed by atoms with Crippen molar-refractivity contribution in [3.63, 3.8) is 0 Å². The topological polar surface area (TPSA) is 18.5 Å². The maximum atomic E-state index is 6.59. The van der Waals surface area contributed by atoms with Crippen LogP contribution >= 0.6 is 39.1 Å². The highest BCUT2D eigenvalue weighted by atomic mass is 79.9. The third-order valence-corrected chi connectivity index (χ3v) is 4.13. The number of halogens is 3. The van der Waals surface area contributed by atoms with Crippen molar-refractivity contribution in [3.8, 4) is 11.5 Å². The fraction of sp³-hybridized carbons (Fsp3) is 0.200. The highest BCUT2D eigenvalue weighted by Gasteiger charge is 2.20. The number of methoxy groups -OCH3 is 2. The van der Waals surface area contributed by atoms with Gasteiger partial charge in [0.2, 0.25) is 0 Å². The summed E-state index contributed by atoms with van der Waals surface area (Å²) >= 11 is 16.1. The summed E-state index contributed by atoms with van der Waals surface area (Å²) in [6.07, 6.45) is 0. The first-order valence-electron chi connectivity index (χ1n) is 5.87. The largest absolute Gasteiger partial charge is 0.496 e. The van der Waals surface area contributed by atoms with Crippen LogP contribution < -0.4 is 9.47 Å². The molecule has 0 amide bonds. The maximum absolute atomic E-state index is 6.59. The summed E-state index contributed by atoms with van der Waals surface area (Å²) in [5.41, 5.74) is 1.67. The third-order valence-electron chi connectivity index (χ3n) is 2.93. The molecule has 1 unspecified atom stereocenters. The molecule has 1 atom stereocenters. The van der Waals surface area contributed by atoms with E-state index in [-0.39, 0.29) is 0 Å². The third kappa shape index (κ3) is 3.22. The van der Waals surface area contributed by atoms with Crippen molar-refractivity contribution in [2.24, 2.45) is 0 Å². The van der Waals surface area contributed by atoms with Gasteiger partial charge < -0.3 is 9.47 Å². The second-order valence-electron chi connectivity index (χ2n) is 4.14. The molecule has 0 aliphatic rings. The molecule has 2 aromatic carbocycles. The Labute approximate surface area is 136 Å². The second-order valence-corrected chi connectivity index (χ2v) is 5.92. The SMILES string of the molecule is COc1cc(Br)ccc1C(Cl)c1cc(Cl)ccc1OC. The van der Waals surface area contributed by atoms with Crippen LogP contribution in [0.25, 0.3) is 0 Å². The second kappa shape index (κ2) is 6.70. The van der Waals surface area contributed by atoms with Gasteiger partial charge in [0, 0.05) is 20.6 Å². The Hall–Kier alpha value is -0.900. The molecule has 20 heavy (non-hydrogen) atoms. The molecule has 5 heteroatoms. The molecule has 2 aromatic rings. The number of hydrogen-bond acceptors (Lipinski definition) is 2. The summed E-state index contributed by atoms with van der Waals surface area (Å²) in [7, 11) is 3.22. The Morgan fingerprint density at radius 2 is 1.65 bits per heavy atom. The van der Waals surface area contributed by atoms with Gasteiger partial charge in [-0.15, -0.1) is 11.6 Å². The van der Waals surface area contributed by atoms with Gasteiger partial charge in [0.15, 0.2) is 0 Å². The van der Waals surface area contributed by atoms with Crippen LogP contribution in [-0.4, -0.2) is 14.2 Å². The van der Waals surface area contributed by atoms with Crippen molar-refractivity contribution in [3.05, 3.63) is 57.0 Å². The summed E-state index contributed by atoms with van der Waals surface area (Å²) in [5, 5.41) is 0.203. The molecule has 0 aliphatic heterocycles. The van der Waals surface area contributed by atoms with Crippen LogP contribution in [0.2, 0.25) is 5.02 Å². The summed E-state index contributed by atoms with van der Waals surface area (Å²) in [6.45, 7) is 0. The van der Waals surface area contributed by atoms with Crippen molar-refractivity contribution in [1.82, 2.24) is 0 Å². The molecule has 0 saturated heterocycles. The zero-order valence-corrected chi connectivity index (χ0v) is 14.1. The highest BCUT2D eigenvalue weighted by Crippen LogP contribution is 2.41. The molecule has 2 nitrogen and oxygen atoms in total. The van der Waals surface area contributed by atoms with E-state index in [0.29, 0.717) is 16.5 Å². The normalized spacial score (nSPS) is 12.1. The Morgan fingerprint density at radius 3 is 2.30 bits per heavy atom. The average Bonchev–Trinajstić information content (AvgIpc) is 2.46. The van der Waals surface area contributed by atoms with Crippen molar-refractivity contribution >= 4 is 39.1 Å². The van der Waals surface area contributed by atoms with Gasteiger partial charge in [-0.1, -0.05) is 33.6 Å². The van der Waals surface area contributed by atoms with E-state index in [1.165, 1.54) is 0 Å². The molecule has 2 rings (SSSR count). The summed E-state index contributed by atoms with van der Waals surface area (Å²) in [6, 6.07) is 11.1. The van der Waals surface area contributed by atoms with Crippen LogP contribution in [0.3, 0.4) is 0 Å². The van der Waals surface area contributed by atoms with Crippen molar-refractivity contribution in [1.29, 1.82) is 0 Å². The number of hydrogen-bond donors (Lipinski definition) is 0. The predicted molar refractivity (Wildman–Crippen MR) is 86.4 cm³/mol. The lowest BCUT2D eigenvalue weighted by Gasteiger charge is -2.17. The summed E-state index contributed by atoms with van der Waals surface area (Å²) in [5.74, 6) is 1.40. The van der Waals surface area contributed by atoms with E-state index in [2.05, 4.69) is 15.9 Å². The predicted octanol–water partition coefficient (Wildman–Crippen LogP) is 5.45. The number of rotatable bonds is 4. The van der Waals surface area contributed by atoms with Gasteiger partial charge >= 0.3 is 0 Å². The van der Waals surface area contributed by atoms with Crippen LogP contribution in [0.4, 0.5) is 0 Å². The lowest BCUT2D eigenvalue weighted by atomic mass is 10.0. The Bertz CT molecular complexity index is 617. The summed E-state index contributed by atoms with van der Waals surface area (Å²) in [4.78, 5) is 0. The van der Waals surface area contributed by atoms with Gasteiger partial charge in [-0.05, 0) is 30.3 Å². The molecule has 0 N–H and O–H groups in total. The number of benzene rings is 2. The van der Waals surface area contributed by atoms with E-state index >= 15 is 0 Å². The average molecular weight is 376 g/mol. The van der Waals surface area contributed by atoms with Gasteiger partial charge in [-0.25, -0.2) is 0 Å². The smallest absolute Gasteiger partial charge is 0.125 e. The van der Waals surface area contributed by atoms with Crippen molar-refractivity contribution < 1.29 is 9.47 Å². The zero-order chi connectivity index (χ0) is 14.7. The Morgan fingerprint density at radius 1 is 0.950 bits per heavy atom. The van der Waals surface area contributed by atoms with Crippen LogP contribution in [-0.2, 0) is 0 Å². The molecule has 106 valence electrons. The fourth-order valence-corrected chi connectivity index (χ4v) is 2.84. The minimum Gasteiger partial charge on any atom is -0.496 e. The van der Waals surface area contributed by atoms with Crippen LogP contribution in [0.5, 0.6) is 11.5 Å². The maximum Gasteiger partial charge on any atom is 0.125 e. The minimum atomic E-state index is -0.410. The molecule has 0 bridgehead atoms. The molecular formula is C15H13BrCl2O2. The zero-order valence-electron chi connectivity index (χ0n) is 11.0. The van der Waals surface area contributed by atoms with Crippen molar-refractivity contribution in [2.75, 3.05) is 14.2 Å². The monoisotopic (exact) mass is 374 g/mol. The van der Waals surface area contributed by atoms with Gasteiger partial charge in [0.1, 0.15) is 11.5 Å². The molecule has 0 spiro atoms. The quantitative estimate of drug-likeness (QED) is 0.661. The molecule has 0 heterocycles. The van der Waals surface area contributed by atoms with Gasteiger partial charge in [-0.2, -0.15) is 0 Å².